The predicted octanol–water partition coefficient (Wildman–Crippen LogP) is 3.43. The van der Waals surface area contributed by atoms with Gasteiger partial charge in [0.2, 0.25) is 0 Å². The van der Waals surface area contributed by atoms with Gasteiger partial charge in [-0.1, -0.05) is 0 Å². The molecule has 2 aromatic carbocycles. The van der Waals surface area contributed by atoms with Crippen molar-refractivity contribution in [1.29, 1.82) is 0 Å². The average molecular weight is 462 g/mol. The highest BCUT2D eigenvalue weighted by Crippen LogP contribution is 2.39. The van der Waals surface area contributed by atoms with Gasteiger partial charge in [0.1, 0.15) is 12.4 Å². The van der Waals surface area contributed by atoms with Crippen LogP contribution >= 0.6 is 0 Å². The lowest BCUT2D eigenvalue weighted by molar-refractivity contribution is -0.114. The molecule has 0 aromatic heterocycles. The number of morpholine rings is 1. The van der Waals surface area contributed by atoms with Gasteiger partial charge >= 0.3 is 0 Å². The van der Waals surface area contributed by atoms with Crippen LogP contribution in [0.2, 0.25) is 0 Å². The van der Waals surface area contributed by atoms with Crippen LogP contribution in [0.4, 0.5) is 18.9 Å². The van der Waals surface area contributed by atoms with E-state index in [9.17, 15) is 18.0 Å². The molecule has 1 saturated heterocycles. The summed E-state index contributed by atoms with van der Waals surface area (Å²) in [6.07, 6.45) is 2.60. The molecule has 2 heterocycles. The van der Waals surface area contributed by atoms with Gasteiger partial charge in [-0.3, -0.25) is 9.69 Å². The van der Waals surface area contributed by atoms with Gasteiger partial charge in [0.15, 0.2) is 23.1 Å². The molecule has 0 aliphatic carbocycles. The van der Waals surface area contributed by atoms with Gasteiger partial charge < -0.3 is 19.1 Å². The van der Waals surface area contributed by atoms with Crippen molar-refractivity contribution in [2.45, 2.75) is 6.42 Å². The number of nitrogens with zero attached hydrogens (tertiary/aromatic N) is 2. The first kappa shape index (κ1) is 23.1. The van der Waals surface area contributed by atoms with Crippen LogP contribution in [0.1, 0.15) is 11.1 Å². The Morgan fingerprint density at radius 1 is 1.09 bits per heavy atom. The van der Waals surface area contributed by atoms with E-state index in [0.29, 0.717) is 56.0 Å². The fourth-order valence-corrected chi connectivity index (χ4v) is 3.95. The zero-order chi connectivity index (χ0) is 23.4. The van der Waals surface area contributed by atoms with Crippen LogP contribution in [0.25, 0.3) is 6.08 Å². The maximum atomic E-state index is 13.9. The number of hydrogen-bond donors (Lipinski definition) is 0. The number of benzene rings is 2. The van der Waals surface area contributed by atoms with Crippen LogP contribution in [0.15, 0.2) is 30.3 Å². The van der Waals surface area contributed by atoms with E-state index in [0.717, 1.165) is 43.4 Å². The summed E-state index contributed by atoms with van der Waals surface area (Å²) in [5.41, 5.74) is 0.953. The Morgan fingerprint density at radius 2 is 1.85 bits per heavy atom. The number of methoxy groups -OCH3 is 1. The normalized spacial score (nSPS) is 16.3. The molecule has 2 aliphatic rings. The molecule has 0 bridgehead atoms. The van der Waals surface area contributed by atoms with E-state index in [2.05, 4.69) is 4.90 Å². The Hall–Kier alpha value is -3.04. The minimum absolute atomic E-state index is 0.396. The van der Waals surface area contributed by atoms with Crippen molar-refractivity contribution in [3.8, 4) is 11.5 Å². The highest BCUT2D eigenvalue weighted by molar-refractivity contribution is 6.05. The number of carbonyl (C=O) groups excluding carboxylic acids is 1. The van der Waals surface area contributed by atoms with Crippen molar-refractivity contribution in [3.63, 3.8) is 0 Å². The first-order valence-electron chi connectivity index (χ1n) is 10.7. The minimum Gasteiger partial charge on any atom is -0.493 e. The quantitative estimate of drug-likeness (QED) is 0.466. The van der Waals surface area contributed by atoms with Gasteiger partial charge in [-0.05, 0) is 36.3 Å². The van der Waals surface area contributed by atoms with Gasteiger partial charge in [-0.2, -0.15) is 0 Å². The van der Waals surface area contributed by atoms with Crippen LogP contribution in [0, 0.1) is 17.5 Å². The molecule has 2 aromatic rings. The van der Waals surface area contributed by atoms with E-state index in [1.54, 1.807) is 13.2 Å². The first-order valence-corrected chi connectivity index (χ1v) is 10.7. The number of carbonyl (C=O) groups is 1. The zero-order valence-corrected chi connectivity index (χ0v) is 18.3. The predicted molar refractivity (Wildman–Crippen MR) is 117 cm³/mol. The number of ether oxygens (including phenoxy) is 3. The molecule has 176 valence electrons. The summed E-state index contributed by atoms with van der Waals surface area (Å²) in [7, 11) is 1.55. The number of anilines is 1. The summed E-state index contributed by atoms with van der Waals surface area (Å²) in [6, 6.07) is 5.10. The van der Waals surface area contributed by atoms with Gasteiger partial charge in [-0.25, -0.2) is 13.2 Å². The maximum Gasteiger partial charge on any atom is 0.251 e. The van der Waals surface area contributed by atoms with E-state index in [-0.39, 0.29) is 0 Å². The molecule has 1 fully saturated rings. The van der Waals surface area contributed by atoms with Crippen molar-refractivity contribution in [3.05, 3.63) is 58.9 Å². The summed E-state index contributed by atoms with van der Waals surface area (Å²) in [5.74, 6) is -2.84. The number of hydrogen-bond acceptors (Lipinski definition) is 5. The molecule has 0 unspecified atom stereocenters. The van der Waals surface area contributed by atoms with Gasteiger partial charge in [0, 0.05) is 43.9 Å². The van der Waals surface area contributed by atoms with Gasteiger partial charge in [0.05, 0.1) is 26.0 Å². The van der Waals surface area contributed by atoms with Crippen molar-refractivity contribution in [1.82, 2.24) is 4.90 Å². The first-order chi connectivity index (χ1) is 16.0. The Morgan fingerprint density at radius 3 is 2.61 bits per heavy atom. The summed E-state index contributed by atoms with van der Waals surface area (Å²) >= 11 is 0. The second kappa shape index (κ2) is 10.3. The lowest BCUT2D eigenvalue weighted by Crippen LogP contribution is -2.38. The Bertz CT molecular complexity index is 1050. The largest absolute Gasteiger partial charge is 0.493 e. The van der Waals surface area contributed by atoms with Crippen molar-refractivity contribution >= 4 is 17.7 Å². The lowest BCUT2D eigenvalue weighted by Gasteiger charge is -2.26. The molecule has 1 amide bonds. The lowest BCUT2D eigenvalue weighted by atomic mass is 10.1. The fraction of sp³-hybridized carbons (Fsp3) is 0.375. The van der Waals surface area contributed by atoms with Gasteiger partial charge in [-0.15, -0.1) is 0 Å². The number of amides is 1. The smallest absolute Gasteiger partial charge is 0.251 e. The Kier molecular flexibility index (Phi) is 7.20. The standard InChI is InChI=1S/C24H25F3N2O4/c1-31-21-14-16-6-7-29(23(30)5-2-17-18(25)3-4-19(26)24(17)27)20(16)15-22(21)33-13-10-28-8-11-32-12-9-28/h2-5,14-15H,6-13H2,1H3/b5-2+. The SMILES string of the molecule is COc1cc2c(cc1OCCN1CCOCC1)N(C(=O)/C=C/c1c(F)ccc(F)c1F)CC2. The molecule has 0 spiro atoms. The van der Waals surface area contributed by atoms with E-state index >= 15 is 0 Å². The molecular formula is C24H25F3N2O4. The van der Waals surface area contributed by atoms with Crippen LogP contribution < -0.4 is 14.4 Å². The molecule has 0 saturated carbocycles. The average Bonchev–Trinajstić information content (AvgIpc) is 3.24. The zero-order valence-electron chi connectivity index (χ0n) is 18.3. The van der Waals surface area contributed by atoms with Crippen molar-refractivity contribution < 1.29 is 32.2 Å². The molecule has 33 heavy (non-hydrogen) atoms. The maximum absolute atomic E-state index is 13.9. The van der Waals surface area contributed by atoms with E-state index in [1.165, 1.54) is 4.90 Å². The topological polar surface area (TPSA) is 51.2 Å². The summed E-state index contributed by atoms with van der Waals surface area (Å²) in [4.78, 5) is 16.5. The summed E-state index contributed by atoms with van der Waals surface area (Å²) < 4.78 is 57.9. The second-order valence-electron chi connectivity index (χ2n) is 7.76. The summed E-state index contributed by atoms with van der Waals surface area (Å²) in [5, 5.41) is 0. The molecular weight excluding hydrogens is 437 g/mol. The van der Waals surface area contributed by atoms with Crippen molar-refractivity contribution in [2.75, 3.05) is 58.0 Å². The molecule has 0 N–H and O–H groups in total. The highest BCUT2D eigenvalue weighted by atomic mass is 19.2. The van der Waals surface area contributed by atoms with Crippen molar-refractivity contribution in [2.24, 2.45) is 0 Å². The van der Waals surface area contributed by atoms with Gasteiger partial charge in [0.25, 0.3) is 5.91 Å². The third-order valence-corrected chi connectivity index (χ3v) is 5.77. The number of fused-ring (bicyclic) bond motifs is 1. The van der Waals surface area contributed by atoms with Crippen LogP contribution in [-0.2, 0) is 16.0 Å². The van der Waals surface area contributed by atoms with E-state index in [4.69, 9.17) is 14.2 Å². The molecule has 6 nitrogen and oxygen atoms in total. The molecule has 2 aliphatic heterocycles. The molecule has 0 atom stereocenters. The molecule has 9 heteroatoms. The highest BCUT2D eigenvalue weighted by Gasteiger charge is 2.26. The summed E-state index contributed by atoms with van der Waals surface area (Å²) in [6.45, 7) is 4.69. The fourth-order valence-electron chi connectivity index (χ4n) is 3.95. The molecule has 0 radical (unpaired) electrons. The monoisotopic (exact) mass is 462 g/mol. The van der Waals surface area contributed by atoms with Crippen LogP contribution in [0.5, 0.6) is 11.5 Å². The molecule has 4 rings (SSSR count). The Labute approximate surface area is 190 Å². The second-order valence-corrected chi connectivity index (χ2v) is 7.76. The Balaban J connectivity index is 1.49. The van der Waals surface area contributed by atoms with Crippen LogP contribution in [-0.4, -0.2) is 63.9 Å². The number of halogens is 3. The minimum atomic E-state index is -1.33. The number of rotatable bonds is 7. The van der Waals surface area contributed by atoms with E-state index < -0.39 is 28.9 Å². The van der Waals surface area contributed by atoms with E-state index in [1.807, 2.05) is 6.07 Å². The van der Waals surface area contributed by atoms with Crippen LogP contribution in [0.3, 0.4) is 0 Å². The third-order valence-electron chi connectivity index (χ3n) is 5.77. The third kappa shape index (κ3) is 5.15.